The van der Waals surface area contributed by atoms with Crippen molar-refractivity contribution < 1.29 is 9.90 Å². The summed E-state index contributed by atoms with van der Waals surface area (Å²) < 4.78 is 0. The predicted molar refractivity (Wildman–Crippen MR) is 48.9 cm³/mol. The summed E-state index contributed by atoms with van der Waals surface area (Å²) >= 11 is 1.37. The molecular weight excluding hydrogens is 176 g/mol. The largest absolute Gasteiger partial charge is 0.364 e. The van der Waals surface area contributed by atoms with E-state index in [4.69, 9.17) is 5.11 Å². The molecule has 4 nitrogen and oxygen atoms in total. The zero-order valence-corrected chi connectivity index (χ0v) is 8.13. The number of nitrogens with zero attached hydrogens (tertiary/aromatic N) is 2. The molecule has 0 aromatic heterocycles. The van der Waals surface area contributed by atoms with Crippen molar-refractivity contribution in [2.75, 3.05) is 6.26 Å². The first kappa shape index (κ1) is 9.54. The number of hydrogen-bond acceptors (Lipinski definition) is 4. The second kappa shape index (κ2) is 3.45. The number of carbonyl (C=O) groups excluding carboxylic acids is 1. The molecule has 0 spiro atoms. The molecule has 0 saturated carbocycles. The zero-order chi connectivity index (χ0) is 9.30. The molecule has 0 aromatic rings. The molecule has 0 aromatic carbocycles. The van der Waals surface area contributed by atoms with E-state index in [0.717, 1.165) is 0 Å². The van der Waals surface area contributed by atoms with Gasteiger partial charge in [-0.15, -0.1) is 0 Å². The Morgan fingerprint density at radius 1 is 1.67 bits per heavy atom. The first-order valence-corrected chi connectivity index (χ1v) is 4.93. The van der Waals surface area contributed by atoms with E-state index in [1.165, 1.54) is 16.7 Å². The Kier molecular flexibility index (Phi) is 2.74. The number of amidine groups is 1. The Morgan fingerprint density at radius 2 is 2.25 bits per heavy atom. The van der Waals surface area contributed by atoms with Gasteiger partial charge in [-0.1, -0.05) is 11.8 Å². The third kappa shape index (κ3) is 1.47. The summed E-state index contributed by atoms with van der Waals surface area (Å²) in [6, 6.07) is 0.0563. The van der Waals surface area contributed by atoms with E-state index in [1.807, 2.05) is 20.1 Å². The molecule has 1 unspecified atom stereocenters. The second-order valence-electron chi connectivity index (χ2n) is 2.79. The van der Waals surface area contributed by atoms with Gasteiger partial charge in [0.05, 0.1) is 0 Å². The van der Waals surface area contributed by atoms with Crippen molar-refractivity contribution in [2.24, 2.45) is 4.99 Å². The molecule has 1 aliphatic heterocycles. The summed E-state index contributed by atoms with van der Waals surface area (Å²) in [5.41, 5.74) is 0. The summed E-state index contributed by atoms with van der Waals surface area (Å²) in [7, 11) is 0. The molecule has 1 atom stereocenters. The van der Waals surface area contributed by atoms with E-state index in [9.17, 15) is 4.79 Å². The SMILES string of the molecule is CSC1=NC(O)C(=O)N1C(C)C. The van der Waals surface area contributed by atoms with Gasteiger partial charge in [-0.05, 0) is 20.1 Å². The normalized spacial score (nSPS) is 23.8. The molecule has 0 fully saturated rings. The van der Waals surface area contributed by atoms with Crippen molar-refractivity contribution in [3.05, 3.63) is 0 Å². The fourth-order valence-corrected chi connectivity index (χ4v) is 1.77. The number of rotatable bonds is 1. The zero-order valence-electron chi connectivity index (χ0n) is 7.31. The van der Waals surface area contributed by atoms with Crippen LogP contribution in [0.3, 0.4) is 0 Å². The number of thioether (sulfide) groups is 1. The van der Waals surface area contributed by atoms with Crippen LogP contribution in [0.4, 0.5) is 0 Å². The van der Waals surface area contributed by atoms with Crippen molar-refractivity contribution in [3.63, 3.8) is 0 Å². The fraction of sp³-hybridized carbons (Fsp3) is 0.714. The number of hydrogen-bond donors (Lipinski definition) is 1. The first-order chi connectivity index (χ1) is 5.57. The van der Waals surface area contributed by atoms with Crippen molar-refractivity contribution in [3.8, 4) is 0 Å². The van der Waals surface area contributed by atoms with E-state index in [2.05, 4.69) is 4.99 Å². The van der Waals surface area contributed by atoms with Gasteiger partial charge in [0.2, 0.25) is 6.23 Å². The Bertz CT molecular complexity index is 227. The maximum atomic E-state index is 11.3. The lowest BCUT2D eigenvalue weighted by Gasteiger charge is -2.20. The highest BCUT2D eigenvalue weighted by Gasteiger charge is 2.34. The predicted octanol–water partition coefficient (Wildman–Crippen LogP) is 0.274. The van der Waals surface area contributed by atoms with E-state index in [-0.39, 0.29) is 11.9 Å². The van der Waals surface area contributed by atoms with Crippen LogP contribution < -0.4 is 0 Å². The topological polar surface area (TPSA) is 52.9 Å². The van der Waals surface area contributed by atoms with Crippen LogP contribution in [0.25, 0.3) is 0 Å². The molecule has 0 bridgehead atoms. The minimum absolute atomic E-state index is 0.0563. The van der Waals surface area contributed by atoms with Crippen LogP contribution in [0.15, 0.2) is 4.99 Å². The van der Waals surface area contributed by atoms with E-state index < -0.39 is 6.23 Å². The van der Waals surface area contributed by atoms with Gasteiger partial charge in [0.25, 0.3) is 5.91 Å². The molecule has 1 rings (SSSR count). The molecule has 1 N–H and O–H groups in total. The van der Waals surface area contributed by atoms with Crippen LogP contribution in [-0.2, 0) is 4.79 Å². The Morgan fingerprint density at radius 3 is 2.58 bits per heavy atom. The Balaban J connectivity index is 2.85. The smallest absolute Gasteiger partial charge is 0.280 e. The molecule has 0 radical (unpaired) electrons. The van der Waals surface area contributed by atoms with Crippen LogP contribution in [0.5, 0.6) is 0 Å². The van der Waals surface area contributed by atoms with Crippen LogP contribution >= 0.6 is 11.8 Å². The molecular formula is C7H12N2O2S. The lowest BCUT2D eigenvalue weighted by atomic mass is 10.3. The molecule has 12 heavy (non-hydrogen) atoms. The number of aliphatic hydroxyl groups is 1. The summed E-state index contributed by atoms with van der Waals surface area (Å²) in [5.74, 6) is -0.325. The van der Waals surface area contributed by atoms with E-state index in [0.29, 0.717) is 5.17 Å². The summed E-state index contributed by atoms with van der Waals surface area (Å²) in [6.45, 7) is 3.78. The van der Waals surface area contributed by atoms with Crippen molar-refractivity contribution in [2.45, 2.75) is 26.1 Å². The quantitative estimate of drug-likeness (QED) is 0.643. The summed E-state index contributed by atoms with van der Waals surface area (Å²) in [6.07, 6.45) is 0.648. The average molecular weight is 188 g/mol. The van der Waals surface area contributed by atoms with Gasteiger partial charge in [-0.3, -0.25) is 9.69 Å². The molecule has 1 heterocycles. The number of aliphatic hydroxyl groups excluding tert-OH is 1. The molecule has 0 saturated heterocycles. The third-order valence-corrected chi connectivity index (χ3v) is 2.26. The maximum Gasteiger partial charge on any atom is 0.280 e. The van der Waals surface area contributed by atoms with Crippen LogP contribution in [-0.4, -0.2) is 39.6 Å². The highest BCUT2D eigenvalue weighted by Crippen LogP contribution is 2.18. The Hall–Kier alpha value is -0.550. The fourth-order valence-electron chi connectivity index (χ4n) is 1.07. The minimum Gasteiger partial charge on any atom is -0.364 e. The standard InChI is InChI=1S/C7H12N2O2S/c1-4(2)9-6(11)5(10)8-7(9)12-3/h4-5,10H,1-3H3. The van der Waals surface area contributed by atoms with Crippen LogP contribution in [0, 0.1) is 0 Å². The summed E-state index contributed by atoms with van der Waals surface area (Å²) in [5, 5.41) is 9.73. The van der Waals surface area contributed by atoms with Crippen molar-refractivity contribution in [1.29, 1.82) is 0 Å². The third-order valence-electron chi connectivity index (χ3n) is 1.60. The highest BCUT2D eigenvalue weighted by molar-refractivity contribution is 8.13. The van der Waals surface area contributed by atoms with Gasteiger partial charge in [-0.2, -0.15) is 0 Å². The van der Waals surface area contributed by atoms with Gasteiger partial charge >= 0.3 is 0 Å². The minimum atomic E-state index is -1.19. The van der Waals surface area contributed by atoms with E-state index >= 15 is 0 Å². The van der Waals surface area contributed by atoms with Crippen LogP contribution in [0.2, 0.25) is 0 Å². The number of aliphatic imine (C=N–C) groups is 1. The lowest BCUT2D eigenvalue weighted by Crippen LogP contribution is -2.39. The lowest BCUT2D eigenvalue weighted by molar-refractivity contribution is -0.134. The van der Waals surface area contributed by atoms with E-state index in [1.54, 1.807) is 0 Å². The van der Waals surface area contributed by atoms with Crippen LogP contribution in [0.1, 0.15) is 13.8 Å². The van der Waals surface area contributed by atoms with Gasteiger partial charge in [0.15, 0.2) is 5.17 Å². The van der Waals surface area contributed by atoms with Crippen molar-refractivity contribution in [1.82, 2.24) is 4.90 Å². The van der Waals surface area contributed by atoms with Gasteiger partial charge in [0, 0.05) is 6.04 Å². The molecule has 1 amide bonds. The van der Waals surface area contributed by atoms with Crippen molar-refractivity contribution >= 4 is 22.8 Å². The second-order valence-corrected chi connectivity index (χ2v) is 3.56. The van der Waals surface area contributed by atoms with Gasteiger partial charge in [-0.25, -0.2) is 4.99 Å². The molecule has 68 valence electrons. The number of carbonyl (C=O) groups is 1. The molecule has 5 heteroatoms. The van der Waals surface area contributed by atoms with Gasteiger partial charge < -0.3 is 5.11 Å². The van der Waals surface area contributed by atoms with Gasteiger partial charge in [0.1, 0.15) is 0 Å². The maximum absolute atomic E-state index is 11.3. The average Bonchev–Trinajstić information content (AvgIpc) is 2.28. The molecule has 0 aliphatic carbocycles. The summed E-state index contributed by atoms with van der Waals surface area (Å²) in [4.78, 5) is 16.6. The Labute approximate surface area is 75.7 Å². The first-order valence-electron chi connectivity index (χ1n) is 3.71. The highest BCUT2D eigenvalue weighted by atomic mass is 32.2. The molecule has 1 aliphatic rings. The number of amides is 1. The monoisotopic (exact) mass is 188 g/mol.